The Morgan fingerprint density at radius 1 is 1.33 bits per heavy atom. The second-order valence-corrected chi connectivity index (χ2v) is 9.58. The molecule has 0 saturated carbocycles. The Bertz CT molecular complexity index is 591. The first-order valence-corrected chi connectivity index (χ1v) is 10.9. The number of ketones is 1. The average Bonchev–Trinajstić information content (AvgIpc) is 2.84. The largest absolute Gasteiger partial charge is 0.440 e. The molecule has 116 valence electrons. The van der Waals surface area contributed by atoms with Gasteiger partial charge in [-0.3, -0.25) is 9.32 Å². The fourth-order valence-electron chi connectivity index (χ4n) is 2.17. The zero-order chi connectivity index (χ0) is 15.5. The molecule has 1 aromatic carbocycles. The van der Waals surface area contributed by atoms with Gasteiger partial charge in [0.05, 0.1) is 6.61 Å². The molecular formula is C14H18BrO4PS. The van der Waals surface area contributed by atoms with Gasteiger partial charge in [-0.05, 0) is 43.3 Å². The summed E-state index contributed by atoms with van der Waals surface area (Å²) < 4.78 is 24.6. The zero-order valence-electron chi connectivity index (χ0n) is 12.1. The molecule has 0 heterocycles. The summed E-state index contributed by atoms with van der Waals surface area (Å²) in [6.45, 7) is 0.893. The second kappa shape index (κ2) is 7.32. The molecule has 1 unspecified atom stereocenters. The van der Waals surface area contributed by atoms with Crippen molar-refractivity contribution in [1.29, 1.82) is 0 Å². The van der Waals surface area contributed by atoms with Crippen molar-refractivity contribution in [2.75, 3.05) is 12.4 Å². The smallest absolute Gasteiger partial charge is 0.417 e. The number of Topliss-reactive ketones (excluding diaryl/α,β-unsaturated/α-hetero) is 1. The molecular weight excluding hydrogens is 375 g/mol. The van der Waals surface area contributed by atoms with Crippen LogP contribution in [0.5, 0.6) is 5.75 Å². The van der Waals surface area contributed by atoms with E-state index >= 15 is 0 Å². The van der Waals surface area contributed by atoms with Crippen LogP contribution in [0.3, 0.4) is 0 Å². The van der Waals surface area contributed by atoms with Crippen molar-refractivity contribution >= 4 is 39.9 Å². The third-order valence-corrected chi connectivity index (χ3v) is 7.65. The maximum Gasteiger partial charge on any atom is 0.440 e. The molecule has 0 N–H and O–H groups in total. The van der Waals surface area contributed by atoms with Gasteiger partial charge < -0.3 is 4.52 Å². The Morgan fingerprint density at radius 2 is 2.10 bits per heavy atom. The summed E-state index contributed by atoms with van der Waals surface area (Å²) >= 11 is 4.60. The maximum atomic E-state index is 12.7. The van der Waals surface area contributed by atoms with Gasteiger partial charge in [0.15, 0.2) is 5.78 Å². The van der Waals surface area contributed by atoms with E-state index < -0.39 is 6.80 Å². The molecule has 1 aliphatic rings. The lowest BCUT2D eigenvalue weighted by atomic mass is 10.1. The van der Waals surface area contributed by atoms with E-state index in [1.54, 1.807) is 19.1 Å². The molecule has 0 saturated heterocycles. The number of fused-ring (bicyclic) bond motifs is 1. The highest BCUT2D eigenvalue weighted by atomic mass is 79.9. The molecule has 0 aromatic heterocycles. The van der Waals surface area contributed by atoms with E-state index in [4.69, 9.17) is 9.05 Å². The Labute approximate surface area is 137 Å². The van der Waals surface area contributed by atoms with Crippen LogP contribution in [0, 0.1) is 0 Å². The molecule has 0 bridgehead atoms. The summed E-state index contributed by atoms with van der Waals surface area (Å²) in [7, 11) is 0. The third-order valence-electron chi connectivity index (χ3n) is 3.05. The van der Waals surface area contributed by atoms with Gasteiger partial charge >= 0.3 is 6.80 Å². The summed E-state index contributed by atoms with van der Waals surface area (Å²) in [5.41, 5.74) is 1.47. The summed E-state index contributed by atoms with van der Waals surface area (Å²) in [5, 5.41) is 0. The predicted molar refractivity (Wildman–Crippen MR) is 89.4 cm³/mol. The van der Waals surface area contributed by atoms with Gasteiger partial charge in [0, 0.05) is 27.8 Å². The summed E-state index contributed by atoms with van der Waals surface area (Å²) in [6, 6.07) is 3.51. The SMILES string of the molecule is CCCSP(=O)(OCC)Oc1ccc(Br)c2c1CCC2=O. The minimum Gasteiger partial charge on any atom is -0.417 e. The number of carbonyl (C=O) groups is 1. The first kappa shape index (κ1) is 17.1. The lowest BCUT2D eigenvalue weighted by molar-refractivity contribution is 0.0994. The molecule has 21 heavy (non-hydrogen) atoms. The van der Waals surface area contributed by atoms with Gasteiger partial charge in [0.2, 0.25) is 0 Å². The monoisotopic (exact) mass is 392 g/mol. The first-order valence-electron chi connectivity index (χ1n) is 6.94. The van der Waals surface area contributed by atoms with E-state index in [1.165, 1.54) is 11.4 Å². The number of hydrogen-bond acceptors (Lipinski definition) is 5. The van der Waals surface area contributed by atoms with Crippen LogP contribution in [0.4, 0.5) is 0 Å². The zero-order valence-corrected chi connectivity index (χ0v) is 15.4. The fraction of sp³-hybridized carbons (Fsp3) is 0.500. The minimum atomic E-state index is -3.23. The fourth-order valence-corrected chi connectivity index (χ4v) is 6.23. The van der Waals surface area contributed by atoms with E-state index in [0.29, 0.717) is 36.5 Å². The van der Waals surface area contributed by atoms with Crippen LogP contribution in [0.25, 0.3) is 0 Å². The normalized spacial score (nSPS) is 16.6. The van der Waals surface area contributed by atoms with Crippen LogP contribution in [0.2, 0.25) is 0 Å². The van der Waals surface area contributed by atoms with Crippen LogP contribution in [-0.4, -0.2) is 18.1 Å². The topological polar surface area (TPSA) is 52.6 Å². The van der Waals surface area contributed by atoms with Crippen molar-refractivity contribution in [3.63, 3.8) is 0 Å². The van der Waals surface area contributed by atoms with Crippen molar-refractivity contribution in [1.82, 2.24) is 0 Å². The molecule has 0 spiro atoms. The van der Waals surface area contributed by atoms with E-state index in [0.717, 1.165) is 16.5 Å². The highest BCUT2D eigenvalue weighted by Gasteiger charge is 2.31. The van der Waals surface area contributed by atoms with Gasteiger partial charge in [-0.25, -0.2) is 4.57 Å². The number of benzene rings is 1. The van der Waals surface area contributed by atoms with Crippen molar-refractivity contribution in [2.24, 2.45) is 0 Å². The molecule has 0 aliphatic heterocycles. The lowest BCUT2D eigenvalue weighted by Gasteiger charge is -2.19. The molecule has 1 aromatic rings. The number of carbonyl (C=O) groups excluding carboxylic acids is 1. The van der Waals surface area contributed by atoms with Crippen LogP contribution in [-0.2, 0) is 15.5 Å². The van der Waals surface area contributed by atoms with E-state index in [1.807, 2.05) is 6.92 Å². The molecule has 1 aliphatic carbocycles. The molecule has 2 rings (SSSR count). The number of halogens is 1. The van der Waals surface area contributed by atoms with E-state index in [9.17, 15) is 9.36 Å². The Morgan fingerprint density at radius 3 is 2.76 bits per heavy atom. The van der Waals surface area contributed by atoms with Crippen molar-refractivity contribution in [3.05, 3.63) is 27.7 Å². The van der Waals surface area contributed by atoms with Gasteiger partial charge in [0.25, 0.3) is 0 Å². The molecule has 0 amide bonds. The molecule has 4 nitrogen and oxygen atoms in total. The van der Waals surface area contributed by atoms with E-state index in [2.05, 4.69) is 15.9 Å². The van der Waals surface area contributed by atoms with Crippen LogP contribution in [0.15, 0.2) is 16.6 Å². The molecule has 1 atom stereocenters. The predicted octanol–water partition coefficient (Wildman–Crippen LogP) is 5.24. The Hall–Kier alpha value is -0.290. The highest BCUT2D eigenvalue weighted by molar-refractivity contribution is 9.10. The Balaban J connectivity index is 2.30. The van der Waals surface area contributed by atoms with Crippen LogP contribution in [0.1, 0.15) is 42.6 Å². The van der Waals surface area contributed by atoms with Gasteiger partial charge in [-0.2, -0.15) is 0 Å². The van der Waals surface area contributed by atoms with Crippen LogP contribution < -0.4 is 4.52 Å². The van der Waals surface area contributed by atoms with E-state index in [-0.39, 0.29) is 5.78 Å². The van der Waals surface area contributed by atoms with Crippen molar-refractivity contribution in [2.45, 2.75) is 33.1 Å². The summed E-state index contributed by atoms with van der Waals surface area (Å²) in [5.74, 6) is 1.30. The molecule has 7 heteroatoms. The highest BCUT2D eigenvalue weighted by Crippen LogP contribution is 2.61. The lowest BCUT2D eigenvalue weighted by Crippen LogP contribution is -2.00. The van der Waals surface area contributed by atoms with Gasteiger partial charge in [0.1, 0.15) is 5.75 Å². The van der Waals surface area contributed by atoms with Crippen molar-refractivity contribution in [3.8, 4) is 5.75 Å². The summed E-state index contributed by atoms with van der Waals surface area (Å²) in [4.78, 5) is 11.9. The molecule has 0 radical (unpaired) electrons. The summed E-state index contributed by atoms with van der Waals surface area (Å²) in [6.07, 6.45) is 1.98. The first-order chi connectivity index (χ1) is 10.0. The standard InChI is InChI=1S/C14H18BrO4PS/c1-3-9-21-20(17,18-4-2)19-13-8-6-11(15)14-10(13)5-7-12(14)16/h6,8H,3-5,7,9H2,1-2H3. The quantitative estimate of drug-likeness (QED) is 0.593. The minimum absolute atomic E-state index is 0.0924. The average molecular weight is 393 g/mol. The van der Waals surface area contributed by atoms with Gasteiger partial charge in [-0.1, -0.05) is 22.9 Å². The van der Waals surface area contributed by atoms with Crippen LogP contribution >= 0.6 is 34.1 Å². The third kappa shape index (κ3) is 3.92. The van der Waals surface area contributed by atoms with Crippen molar-refractivity contribution < 1.29 is 18.4 Å². The second-order valence-electron chi connectivity index (χ2n) is 4.61. The number of rotatable bonds is 7. The maximum absolute atomic E-state index is 12.7. The molecule has 0 fully saturated rings. The number of hydrogen-bond donors (Lipinski definition) is 0. The van der Waals surface area contributed by atoms with Gasteiger partial charge in [-0.15, -0.1) is 0 Å². The Kier molecular flexibility index (Phi) is 5.95.